The smallest absolute Gasteiger partial charge is 0.240 e. The van der Waals surface area contributed by atoms with Crippen LogP contribution in [0.5, 0.6) is 5.75 Å². The number of benzene rings is 2. The summed E-state index contributed by atoms with van der Waals surface area (Å²) in [4.78, 5) is 7.80. The van der Waals surface area contributed by atoms with Gasteiger partial charge in [-0.2, -0.15) is 0 Å². The largest absolute Gasteiger partial charge is 0.495 e. The average molecular weight is 519 g/mol. The van der Waals surface area contributed by atoms with E-state index in [0.717, 1.165) is 58.0 Å². The number of piperidine rings is 3. The lowest BCUT2D eigenvalue weighted by Crippen LogP contribution is -2.59. The SMILES string of the molecule is COc1ccccc1N1CCN(C[C@@H]2CN3CC[C@H]2C[C@@H]3CNS(=O)(=O)c2ccc(Cl)cc2)CC1. The van der Waals surface area contributed by atoms with Gasteiger partial charge in [0.25, 0.3) is 0 Å². The van der Waals surface area contributed by atoms with Crippen molar-refractivity contribution in [1.29, 1.82) is 0 Å². The van der Waals surface area contributed by atoms with E-state index in [1.807, 2.05) is 12.1 Å². The molecule has 2 aromatic carbocycles. The molecule has 0 radical (unpaired) electrons. The molecule has 0 aliphatic carbocycles. The predicted octanol–water partition coefficient (Wildman–Crippen LogP) is 3.16. The fourth-order valence-electron chi connectivity index (χ4n) is 5.97. The zero-order chi connectivity index (χ0) is 24.4. The standard InChI is InChI=1S/C26H35ClN4O3S/c1-34-26-5-3-2-4-25(26)30-14-12-29(13-15-30)18-21-19-31-11-10-20(21)16-23(31)17-28-35(32,33)24-8-6-22(27)7-9-24/h2-9,20-21,23,28H,10-19H2,1H3/t20-,21+,23+/m0/s1. The molecule has 4 atom stereocenters. The second-order valence-electron chi connectivity index (χ2n) is 9.96. The van der Waals surface area contributed by atoms with Crippen molar-refractivity contribution in [2.75, 3.05) is 64.4 Å². The van der Waals surface area contributed by atoms with Gasteiger partial charge in [0.2, 0.25) is 10.0 Å². The van der Waals surface area contributed by atoms with Crippen LogP contribution in [0.15, 0.2) is 53.4 Å². The summed E-state index contributed by atoms with van der Waals surface area (Å²) in [7, 11) is -1.79. The molecule has 35 heavy (non-hydrogen) atoms. The van der Waals surface area contributed by atoms with Crippen LogP contribution in [0.3, 0.4) is 0 Å². The minimum absolute atomic E-state index is 0.267. The number of hydrogen-bond acceptors (Lipinski definition) is 6. The maximum absolute atomic E-state index is 12.7. The van der Waals surface area contributed by atoms with E-state index >= 15 is 0 Å². The number of halogens is 1. The van der Waals surface area contributed by atoms with Crippen LogP contribution >= 0.6 is 11.6 Å². The van der Waals surface area contributed by atoms with Gasteiger partial charge in [0.15, 0.2) is 0 Å². The van der Waals surface area contributed by atoms with Gasteiger partial charge in [-0.15, -0.1) is 0 Å². The fourth-order valence-corrected chi connectivity index (χ4v) is 7.16. The number of ether oxygens (including phenoxy) is 1. The molecular weight excluding hydrogens is 484 g/mol. The van der Waals surface area contributed by atoms with Gasteiger partial charge in [0.05, 0.1) is 17.7 Å². The van der Waals surface area contributed by atoms with E-state index in [-0.39, 0.29) is 10.9 Å². The van der Waals surface area contributed by atoms with Crippen LogP contribution in [-0.2, 0) is 10.0 Å². The van der Waals surface area contributed by atoms with Gasteiger partial charge >= 0.3 is 0 Å². The van der Waals surface area contributed by atoms with E-state index in [1.54, 1.807) is 31.4 Å². The number of rotatable bonds is 8. The van der Waals surface area contributed by atoms with Crippen LogP contribution in [0.1, 0.15) is 12.8 Å². The Morgan fingerprint density at radius 3 is 2.46 bits per heavy atom. The third kappa shape index (κ3) is 5.62. The molecule has 0 spiro atoms. The summed E-state index contributed by atoms with van der Waals surface area (Å²) in [6.07, 6.45) is 2.28. The van der Waals surface area contributed by atoms with Crippen LogP contribution in [0.2, 0.25) is 5.02 Å². The van der Waals surface area contributed by atoms with Crippen LogP contribution in [0.25, 0.3) is 0 Å². The summed E-state index contributed by atoms with van der Waals surface area (Å²) < 4.78 is 33.8. The quantitative estimate of drug-likeness (QED) is 0.579. The molecule has 1 unspecified atom stereocenters. The van der Waals surface area contributed by atoms with Crippen molar-refractivity contribution in [3.05, 3.63) is 53.6 Å². The molecule has 190 valence electrons. The first kappa shape index (κ1) is 24.8. The summed E-state index contributed by atoms with van der Waals surface area (Å²) in [6, 6.07) is 14.9. The van der Waals surface area contributed by atoms with E-state index in [1.165, 1.54) is 12.1 Å². The van der Waals surface area contributed by atoms with E-state index in [2.05, 4.69) is 31.6 Å². The summed E-state index contributed by atoms with van der Waals surface area (Å²) in [6.45, 7) is 7.86. The van der Waals surface area contributed by atoms with Crippen molar-refractivity contribution in [3.8, 4) is 5.75 Å². The average Bonchev–Trinajstić information content (AvgIpc) is 2.89. The molecular formula is C26H35ClN4O3S. The molecule has 4 aliphatic rings. The lowest BCUT2D eigenvalue weighted by atomic mass is 9.75. The zero-order valence-corrected chi connectivity index (χ0v) is 21.8. The number of anilines is 1. The third-order valence-electron chi connectivity index (χ3n) is 7.94. The topological polar surface area (TPSA) is 65.1 Å². The van der Waals surface area contributed by atoms with E-state index in [9.17, 15) is 8.42 Å². The molecule has 2 aromatic rings. The van der Waals surface area contributed by atoms with Crippen LogP contribution in [0.4, 0.5) is 5.69 Å². The van der Waals surface area contributed by atoms with Gasteiger partial charge in [-0.25, -0.2) is 13.1 Å². The second-order valence-corrected chi connectivity index (χ2v) is 12.2. The highest BCUT2D eigenvalue weighted by molar-refractivity contribution is 7.89. The molecule has 0 saturated carbocycles. The number of hydrogen-bond donors (Lipinski definition) is 1. The lowest BCUT2D eigenvalue weighted by Gasteiger charge is -2.51. The number of sulfonamides is 1. The molecule has 4 fully saturated rings. The monoisotopic (exact) mass is 518 g/mol. The molecule has 4 aliphatic heterocycles. The molecule has 0 aromatic heterocycles. The highest BCUT2D eigenvalue weighted by atomic mass is 35.5. The van der Waals surface area contributed by atoms with Gasteiger partial charge in [-0.05, 0) is 67.6 Å². The Hall–Kier alpha value is -1.84. The predicted molar refractivity (Wildman–Crippen MR) is 140 cm³/mol. The fraction of sp³-hybridized carbons (Fsp3) is 0.538. The van der Waals surface area contributed by atoms with Gasteiger partial charge in [-0.1, -0.05) is 23.7 Å². The van der Waals surface area contributed by atoms with Crippen molar-refractivity contribution >= 4 is 27.3 Å². The molecule has 7 nitrogen and oxygen atoms in total. The van der Waals surface area contributed by atoms with Gasteiger partial charge < -0.3 is 9.64 Å². The van der Waals surface area contributed by atoms with Crippen LogP contribution in [0, 0.1) is 11.8 Å². The first-order valence-corrected chi connectivity index (χ1v) is 14.4. The van der Waals surface area contributed by atoms with E-state index in [0.29, 0.717) is 23.4 Å². The van der Waals surface area contributed by atoms with Gasteiger partial charge in [0, 0.05) is 56.9 Å². The Labute approximate surface area is 214 Å². The summed E-state index contributed by atoms with van der Waals surface area (Å²) in [5, 5.41) is 0.534. The van der Waals surface area contributed by atoms with Crippen LogP contribution in [-0.4, -0.2) is 83.7 Å². The molecule has 1 N–H and O–H groups in total. The van der Waals surface area contributed by atoms with Crippen molar-refractivity contribution < 1.29 is 13.2 Å². The first-order chi connectivity index (χ1) is 16.9. The maximum atomic E-state index is 12.7. The number of piperazine rings is 1. The van der Waals surface area contributed by atoms with Gasteiger partial charge in [-0.3, -0.25) is 9.80 Å². The molecule has 4 saturated heterocycles. The number of nitrogens with zero attached hydrogens (tertiary/aromatic N) is 3. The van der Waals surface area contributed by atoms with Crippen molar-refractivity contribution in [2.24, 2.45) is 11.8 Å². The minimum Gasteiger partial charge on any atom is -0.495 e. The third-order valence-corrected chi connectivity index (χ3v) is 9.63. The second kappa shape index (κ2) is 10.6. The Morgan fingerprint density at radius 1 is 1.03 bits per heavy atom. The molecule has 6 rings (SSSR count). The summed E-state index contributed by atoms with van der Waals surface area (Å²) in [5.74, 6) is 2.26. The van der Waals surface area contributed by atoms with E-state index in [4.69, 9.17) is 16.3 Å². The number of methoxy groups -OCH3 is 1. The molecule has 2 bridgehead atoms. The summed E-state index contributed by atoms with van der Waals surface area (Å²) >= 11 is 5.90. The number of nitrogens with one attached hydrogen (secondary N) is 1. The van der Waals surface area contributed by atoms with Crippen molar-refractivity contribution in [3.63, 3.8) is 0 Å². The first-order valence-electron chi connectivity index (χ1n) is 12.5. The molecule has 0 amide bonds. The Morgan fingerprint density at radius 2 is 1.77 bits per heavy atom. The highest BCUT2D eigenvalue weighted by Gasteiger charge is 2.41. The van der Waals surface area contributed by atoms with Gasteiger partial charge in [0.1, 0.15) is 5.75 Å². The van der Waals surface area contributed by atoms with E-state index < -0.39 is 10.0 Å². The zero-order valence-electron chi connectivity index (χ0n) is 20.3. The number of fused-ring (bicyclic) bond motifs is 3. The normalized spacial score (nSPS) is 27.2. The number of para-hydroxylation sites is 2. The Balaban J connectivity index is 1.11. The minimum atomic E-state index is -3.52. The van der Waals surface area contributed by atoms with Crippen LogP contribution < -0.4 is 14.4 Å². The Kier molecular flexibility index (Phi) is 7.55. The van der Waals surface area contributed by atoms with Crippen molar-refractivity contribution in [2.45, 2.75) is 23.8 Å². The molecule has 4 heterocycles. The Bertz CT molecular complexity index is 1110. The summed E-state index contributed by atoms with van der Waals surface area (Å²) in [5.41, 5.74) is 1.18. The molecule has 9 heteroatoms. The maximum Gasteiger partial charge on any atom is 0.240 e. The highest BCUT2D eigenvalue weighted by Crippen LogP contribution is 2.37. The van der Waals surface area contributed by atoms with Crippen molar-refractivity contribution in [1.82, 2.24) is 14.5 Å². The lowest BCUT2D eigenvalue weighted by molar-refractivity contribution is -0.0107.